The van der Waals surface area contributed by atoms with Gasteiger partial charge in [-0.2, -0.15) is 0 Å². The third-order valence-electron chi connectivity index (χ3n) is 2.61. The van der Waals surface area contributed by atoms with Crippen LogP contribution in [0.1, 0.15) is 46.0 Å². The summed E-state index contributed by atoms with van der Waals surface area (Å²) in [7, 11) is 0. The molecule has 1 rings (SSSR count). The fourth-order valence-electron chi connectivity index (χ4n) is 1.20. The molecule has 0 aromatic carbocycles. The first-order valence-corrected chi connectivity index (χ1v) is 4.97. The third-order valence-corrected chi connectivity index (χ3v) is 2.61. The summed E-state index contributed by atoms with van der Waals surface area (Å²) in [5, 5.41) is 2.98. The van der Waals surface area contributed by atoms with E-state index in [-0.39, 0.29) is 11.3 Å². The Hall–Kier alpha value is -0.530. The zero-order valence-electron chi connectivity index (χ0n) is 8.15. The molecular weight excluding hydrogens is 150 g/mol. The summed E-state index contributed by atoms with van der Waals surface area (Å²) in [5.41, 5.74) is 0.00617. The van der Waals surface area contributed by atoms with E-state index in [0.29, 0.717) is 0 Å². The highest BCUT2D eigenvalue weighted by molar-refractivity contribution is 5.84. The molecule has 0 spiro atoms. The highest BCUT2D eigenvalue weighted by Gasteiger charge is 2.44. The summed E-state index contributed by atoms with van der Waals surface area (Å²) >= 11 is 0. The molecule has 0 saturated heterocycles. The van der Waals surface area contributed by atoms with E-state index in [0.717, 1.165) is 25.8 Å². The molecule has 0 aliphatic heterocycles. The van der Waals surface area contributed by atoms with Gasteiger partial charge >= 0.3 is 0 Å². The van der Waals surface area contributed by atoms with Gasteiger partial charge in [0.2, 0.25) is 5.91 Å². The minimum atomic E-state index is 0.00617. The maximum atomic E-state index is 11.4. The van der Waals surface area contributed by atoms with Crippen LogP contribution in [0.5, 0.6) is 0 Å². The molecule has 0 aromatic heterocycles. The molecule has 2 nitrogen and oxygen atoms in total. The Morgan fingerprint density at radius 2 is 2.08 bits per heavy atom. The molecule has 1 amide bonds. The van der Waals surface area contributed by atoms with Gasteiger partial charge in [0.1, 0.15) is 0 Å². The zero-order chi connectivity index (χ0) is 9.03. The van der Waals surface area contributed by atoms with Crippen molar-refractivity contribution in [2.24, 2.45) is 5.41 Å². The van der Waals surface area contributed by atoms with Gasteiger partial charge in [-0.1, -0.05) is 26.7 Å². The maximum Gasteiger partial charge on any atom is 0.225 e. The summed E-state index contributed by atoms with van der Waals surface area (Å²) in [6.07, 6.45) is 5.71. The van der Waals surface area contributed by atoms with Gasteiger partial charge in [-0.25, -0.2) is 0 Å². The van der Waals surface area contributed by atoms with Crippen molar-refractivity contribution in [3.63, 3.8) is 0 Å². The van der Waals surface area contributed by atoms with E-state index in [1.165, 1.54) is 12.8 Å². The Morgan fingerprint density at radius 1 is 1.42 bits per heavy atom. The molecule has 1 fully saturated rings. The highest BCUT2D eigenvalue weighted by atomic mass is 16.2. The molecule has 70 valence electrons. The van der Waals surface area contributed by atoms with E-state index in [9.17, 15) is 4.79 Å². The van der Waals surface area contributed by atoms with Crippen LogP contribution in [0.2, 0.25) is 0 Å². The molecule has 1 aliphatic carbocycles. The van der Waals surface area contributed by atoms with E-state index in [1.54, 1.807) is 0 Å². The highest BCUT2D eigenvalue weighted by Crippen LogP contribution is 2.44. The van der Waals surface area contributed by atoms with E-state index < -0.39 is 0 Å². The molecule has 0 unspecified atom stereocenters. The van der Waals surface area contributed by atoms with Crippen molar-refractivity contribution in [2.75, 3.05) is 6.54 Å². The van der Waals surface area contributed by atoms with Crippen LogP contribution in [0.15, 0.2) is 0 Å². The molecule has 1 saturated carbocycles. The fourth-order valence-corrected chi connectivity index (χ4v) is 1.20. The van der Waals surface area contributed by atoms with E-state index in [2.05, 4.69) is 12.2 Å². The molecule has 12 heavy (non-hydrogen) atoms. The fraction of sp³-hybridized carbons (Fsp3) is 0.900. The number of amides is 1. The summed E-state index contributed by atoms with van der Waals surface area (Å²) in [5.74, 6) is 0.263. The number of nitrogens with one attached hydrogen (secondary N) is 1. The van der Waals surface area contributed by atoms with Crippen molar-refractivity contribution in [1.29, 1.82) is 0 Å². The molecule has 1 N–H and O–H groups in total. The van der Waals surface area contributed by atoms with E-state index in [4.69, 9.17) is 0 Å². The quantitative estimate of drug-likeness (QED) is 0.627. The molecular formula is C10H19NO. The monoisotopic (exact) mass is 169 g/mol. The van der Waals surface area contributed by atoms with Crippen LogP contribution in [-0.4, -0.2) is 12.5 Å². The van der Waals surface area contributed by atoms with E-state index in [1.807, 2.05) is 6.92 Å². The normalized spacial score (nSPS) is 18.8. The summed E-state index contributed by atoms with van der Waals surface area (Å²) in [6, 6.07) is 0. The van der Waals surface area contributed by atoms with Crippen LogP contribution in [0, 0.1) is 5.41 Å². The Kier molecular flexibility index (Phi) is 3.12. The lowest BCUT2D eigenvalue weighted by atomic mass is 10.1. The van der Waals surface area contributed by atoms with Crippen molar-refractivity contribution in [3.8, 4) is 0 Å². The van der Waals surface area contributed by atoms with Gasteiger partial charge < -0.3 is 5.32 Å². The SMILES string of the molecule is CCCCCNC(=O)C1(C)CC1. The van der Waals surface area contributed by atoms with Crippen LogP contribution in [0.3, 0.4) is 0 Å². The third kappa shape index (κ3) is 2.50. The first-order chi connectivity index (χ1) is 5.69. The summed E-state index contributed by atoms with van der Waals surface area (Å²) < 4.78 is 0. The molecule has 1 aliphatic rings. The van der Waals surface area contributed by atoms with Crippen molar-refractivity contribution in [3.05, 3.63) is 0 Å². The van der Waals surface area contributed by atoms with Crippen LogP contribution in [-0.2, 0) is 4.79 Å². The first kappa shape index (κ1) is 9.56. The minimum Gasteiger partial charge on any atom is -0.356 e. The Labute approximate surface area is 74.7 Å². The largest absolute Gasteiger partial charge is 0.356 e. The minimum absolute atomic E-state index is 0.00617. The van der Waals surface area contributed by atoms with Crippen LogP contribution in [0.4, 0.5) is 0 Å². The molecule has 0 radical (unpaired) electrons. The topological polar surface area (TPSA) is 29.1 Å². The molecule has 0 heterocycles. The predicted octanol–water partition coefficient (Wildman–Crippen LogP) is 2.09. The van der Waals surface area contributed by atoms with Crippen molar-refractivity contribution in [1.82, 2.24) is 5.32 Å². The molecule has 0 aromatic rings. The van der Waals surface area contributed by atoms with Crippen molar-refractivity contribution in [2.45, 2.75) is 46.0 Å². The lowest BCUT2D eigenvalue weighted by Gasteiger charge is -2.08. The number of carbonyl (C=O) groups is 1. The van der Waals surface area contributed by atoms with Gasteiger partial charge in [0.25, 0.3) is 0 Å². The van der Waals surface area contributed by atoms with Crippen LogP contribution < -0.4 is 5.32 Å². The van der Waals surface area contributed by atoms with Crippen molar-refractivity contribution < 1.29 is 4.79 Å². The van der Waals surface area contributed by atoms with Gasteiger partial charge in [0.05, 0.1) is 0 Å². The predicted molar refractivity (Wildman–Crippen MR) is 49.9 cm³/mol. The Bertz CT molecular complexity index is 161. The van der Waals surface area contributed by atoms with Gasteiger partial charge in [-0.15, -0.1) is 0 Å². The van der Waals surface area contributed by atoms with Gasteiger partial charge in [-0.3, -0.25) is 4.79 Å². The number of hydrogen-bond donors (Lipinski definition) is 1. The molecule has 0 atom stereocenters. The molecule has 0 bridgehead atoms. The Balaban J connectivity index is 2.03. The number of carbonyl (C=O) groups excluding carboxylic acids is 1. The first-order valence-electron chi connectivity index (χ1n) is 4.97. The lowest BCUT2D eigenvalue weighted by Crippen LogP contribution is -2.30. The second-order valence-corrected chi connectivity index (χ2v) is 4.02. The van der Waals surface area contributed by atoms with Crippen LogP contribution >= 0.6 is 0 Å². The second kappa shape index (κ2) is 3.92. The van der Waals surface area contributed by atoms with E-state index >= 15 is 0 Å². The average molecular weight is 169 g/mol. The summed E-state index contributed by atoms with van der Waals surface area (Å²) in [6.45, 7) is 5.08. The van der Waals surface area contributed by atoms with Crippen LogP contribution in [0.25, 0.3) is 0 Å². The van der Waals surface area contributed by atoms with Gasteiger partial charge in [-0.05, 0) is 19.3 Å². The van der Waals surface area contributed by atoms with Gasteiger partial charge in [0.15, 0.2) is 0 Å². The number of hydrogen-bond acceptors (Lipinski definition) is 1. The summed E-state index contributed by atoms with van der Waals surface area (Å²) in [4.78, 5) is 11.4. The average Bonchev–Trinajstić information content (AvgIpc) is 2.78. The Morgan fingerprint density at radius 3 is 2.58 bits per heavy atom. The standard InChI is InChI=1S/C10H19NO/c1-3-4-5-8-11-9(12)10(2)6-7-10/h3-8H2,1-2H3,(H,11,12). The lowest BCUT2D eigenvalue weighted by molar-refractivity contribution is -0.125. The zero-order valence-corrected chi connectivity index (χ0v) is 8.15. The smallest absolute Gasteiger partial charge is 0.225 e. The van der Waals surface area contributed by atoms with Gasteiger partial charge in [0, 0.05) is 12.0 Å². The second-order valence-electron chi connectivity index (χ2n) is 4.02. The number of unbranched alkanes of at least 4 members (excludes halogenated alkanes) is 2. The molecule has 2 heteroatoms. The maximum absolute atomic E-state index is 11.4. The van der Waals surface area contributed by atoms with Crippen molar-refractivity contribution >= 4 is 5.91 Å². The number of rotatable bonds is 5.